The maximum absolute atomic E-state index is 9.76. The topological polar surface area (TPSA) is 32.3 Å². The molecular weight excluding hydrogens is 238 g/mol. The summed E-state index contributed by atoms with van der Waals surface area (Å²) in [7, 11) is -1.17. The molecular formula is C15H25NOSi. The van der Waals surface area contributed by atoms with Crippen LogP contribution in [0.25, 0.3) is 0 Å². The number of benzene rings is 1. The van der Waals surface area contributed by atoms with Crippen molar-refractivity contribution in [3.63, 3.8) is 0 Å². The molecule has 2 rings (SSSR count). The average molecular weight is 263 g/mol. The van der Waals surface area contributed by atoms with Gasteiger partial charge in [-0.3, -0.25) is 0 Å². The minimum atomic E-state index is -1.17. The first-order chi connectivity index (χ1) is 8.47. The monoisotopic (exact) mass is 263 g/mol. The van der Waals surface area contributed by atoms with E-state index in [2.05, 4.69) is 49.2 Å². The van der Waals surface area contributed by atoms with E-state index in [0.717, 1.165) is 13.1 Å². The molecule has 100 valence electrons. The lowest BCUT2D eigenvalue weighted by atomic mass is 10.2. The predicted octanol–water partition coefficient (Wildman–Crippen LogP) is 2.09. The van der Waals surface area contributed by atoms with E-state index in [4.69, 9.17) is 0 Å². The fraction of sp³-hybridized carbons (Fsp3) is 0.600. The molecule has 0 radical (unpaired) electrons. The van der Waals surface area contributed by atoms with Crippen LogP contribution in [0.3, 0.4) is 0 Å². The maximum atomic E-state index is 9.76. The summed E-state index contributed by atoms with van der Waals surface area (Å²) in [6, 6.07) is 8.95. The molecule has 1 aliphatic rings. The zero-order valence-electron chi connectivity index (χ0n) is 11.7. The summed E-state index contributed by atoms with van der Waals surface area (Å²) < 4.78 is 0. The van der Waals surface area contributed by atoms with Crippen molar-refractivity contribution >= 4 is 13.3 Å². The lowest BCUT2D eigenvalue weighted by molar-refractivity contribution is 0.148. The molecule has 0 aliphatic heterocycles. The third kappa shape index (κ3) is 3.94. The Kier molecular flexibility index (Phi) is 4.25. The molecule has 1 aromatic carbocycles. The van der Waals surface area contributed by atoms with Crippen molar-refractivity contribution < 1.29 is 5.11 Å². The Bertz CT molecular complexity index is 378. The van der Waals surface area contributed by atoms with Crippen molar-refractivity contribution in [3.8, 4) is 0 Å². The highest BCUT2D eigenvalue weighted by Crippen LogP contribution is 2.32. The van der Waals surface area contributed by atoms with Crippen LogP contribution in [0.15, 0.2) is 24.3 Å². The maximum Gasteiger partial charge on any atom is 0.0775 e. The van der Waals surface area contributed by atoms with Gasteiger partial charge in [0.15, 0.2) is 0 Å². The highest BCUT2D eigenvalue weighted by atomic mass is 28.3. The standard InChI is InChI=1S/C15H25NOSi/c1-18(2,3)14-8-4-12(5-9-14)10-16-11-15(17)13-6-7-13/h4-5,8-9,13,15-17H,6-7,10-11H2,1-3H3. The van der Waals surface area contributed by atoms with Crippen molar-refractivity contribution in [2.75, 3.05) is 6.54 Å². The van der Waals surface area contributed by atoms with Gasteiger partial charge in [-0.05, 0) is 24.3 Å². The van der Waals surface area contributed by atoms with Gasteiger partial charge in [-0.1, -0.05) is 49.1 Å². The summed E-state index contributed by atoms with van der Waals surface area (Å²) in [5.41, 5.74) is 1.31. The Morgan fingerprint density at radius 2 is 1.83 bits per heavy atom. The van der Waals surface area contributed by atoms with Gasteiger partial charge in [-0.25, -0.2) is 0 Å². The average Bonchev–Trinajstić information content (AvgIpc) is 3.12. The fourth-order valence-electron chi connectivity index (χ4n) is 2.13. The molecule has 0 bridgehead atoms. The summed E-state index contributed by atoms with van der Waals surface area (Å²) in [5.74, 6) is 0.562. The zero-order valence-corrected chi connectivity index (χ0v) is 12.7. The van der Waals surface area contributed by atoms with Crippen molar-refractivity contribution in [3.05, 3.63) is 29.8 Å². The van der Waals surface area contributed by atoms with Crippen LogP contribution in [0.4, 0.5) is 0 Å². The van der Waals surface area contributed by atoms with Crippen LogP contribution in [-0.2, 0) is 6.54 Å². The van der Waals surface area contributed by atoms with E-state index in [1.54, 1.807) is 0 Å². The summed E-state index contributed by atoms with van der Waals surface area (Å²) in [4.78, 5) is 0. The minimum absolute atomic E-state index is 0.147. The van der Waals surface area contributed by atoms with Crippen molar-refractivity contribution in [1.82, 2.24) is 5.32 Å². The van der Waals surface area contributed by atoms with Crippen LogP contribution in [0.1, 0.15) is 18.4 Å². The number of rotatable bonds is 6. The van der Waals surface area contributed by atoms with Crippen LogP contribution in [0.2, 0.25) is 19.6 Å². The molecule has 0 aromatic heterocycles. The molecule has 1 atom stereocenters. The predicted molar refractivity (Wildman–Crippen MR) is 79.9 cm³/mol. The van der Waals surface area contributed by atoms with Gasteiger partial charge in [0.05, 0.1) is 14.2 Å². The van der Waals surface area contributed by atoms with E-state index < -0.39 is 8.07 Å². The van der Waals surface area contributed by atoms with Crippen LogP contribution in [0.5, 0.6) is 0 Å². The molecule has 0 heterocycles. The van der Waals surface area contributed by atoms with Gasteiger partial charge in [0, 0.05) is 13.1 Å². The quantitative estimate of drug-likeness (QED) is 0.770. The molecule has 0 spiro atoms. The Morgan fingerprint density at radius 1 is 1.22 bits per heavy atom. The lowest BCUT2D eigenvalue weighted by Gasteiger charge is -2.17. The molecule has 0 saturated heterocycles. The Labute approximate surface area is 111 Å². The summed E-state index contributed by atoms with van der Waals surface area (Å²) in [5, 5.41) is 14.6. The number of aliphatic hydroxyl groups is 1. The van der Waals surface area contributed by atoms with Gasteiger partial charge in [-0.15, -0.1) is 0 Å². The number of nitrogens with one attached hydrogen (secondary N) is 1. The molecule has 18 heavy (non-hydrogen) atoms. The van der Waals surface area contributed by atoms with Gasteiger partial charge in [0.25, 0.3) is 0 Å². The number of hydrogen-bond acceptors (Lipinski definition) is 2. The Morgan fingerprint density at radius 3 is 2.33 bits per heavy atom. The zero-order chi connectivity index (χ0) is 13.2. The van der Waals surface area contributed by atoms with Crippen molar-refractivity contribution in [2.24, 2.45) is 5.92 Å². The molecule has 1 fully saturated rings. The molecule has 2 N–H and O–H groups in total. The van der Waals surface area contributed by atoms with E-state index in [9.17, 15) is 5.11 Å². The van der Waals surface area contributed by atoms with Gasteiger partial charge in [0.2, 0.25) is 0 Å². The van der Waals surface area contributed by atoms with E-state index >= 15 is 0 Å². The Balaban J connectivity index is 1.79. The van der Waals surface area contributed by atoms with Gasteiger partial charge in [-0.2, -0.15) is 0 Å². The second-order valence-corrected chi connectivity index (χ2v) is 11.6. The van der Waals surface area contributed by atoms with Crippen molar-refractivity contribution in [1.29, 1.82) is 0 Å². The number of aliphatic hydroxyl groups excluding tert-OH is 1. The first-order valence-corrected chi connectivity index (χ1v) is 10.4. The molecule has 2 nitrogen and oxygen atoms in total. The largest absolute Gasteiger partial charge is 0.392 e. The van der Waals surface area contributed by atoms with Gasteiger partial charge in [0.1, 0.15) is 0 Å². The molecule has 3 heteroatoms. The molecule has 1 saturated carbocycles. The van der Waals surface area contributed by atoms with Crippen molar-refractivity contribution in [2.45, 2.75) is 45.1 Å². The SMILES string of the molecule is C[Si](C)(C)c1ccc(CNCC(O)C2CC2)cc1. The second kappa shape index (κ2) is 5.55. The van der Waals surface area contributed by atoms with Crippen LogP contribution in [0, 0.1) is 5.92 Å². The van der Waals surface area contributed by atoms with Crippen LogP contribution in [-0.4, -0.2) is 25.8 Å². The lowest BCUT2D eigenvalue weighted by Crippen LogP contribution is -2.37. The van der Waals surface area contributed by atoms with Crippen LogP contribution < -0.4 is 10.5 Å². The summed E-state index contributed by atoms with van der Waals surface area (Å²) >= 11 is 0. The summed E-state index contributed by atoms with van der Waals surface area (Å²) in [6.07, 6.45) is 2.26. The molecule has 0 amide bonds. The fourth-order valence-corrected chi connectivity index (χ4v) is 3.30. The van der Waals surface area contributed by atoms with E-state index in [1.165, 1.54) is 23.6 Å². The third-order valence-corrected chi connectivity index (χ3v) is 5.73. The smallest absolute Gasteiger partial charge is 0.0775 e. The van der Waals surface area contributed by atoms with Gasteiger partial charge >= 0.3 is 0 Å². The Hall–Kier alpha value is -0.643. The van der Waals surface area contributed by atoms with Gasteiger partial charge < -0.3 is 10.4 Å². The second-order valence-electron chi connectivity index (χ2n) is 6.48. The molecule has 1 aromatic rings. The van der Waals surface area contributed by atoms with E-state index in [1.807, 2.05) is 0 Å². The van der Waals surface area contributed by atoms with Crippen LogP contribution >= 0.6 is 0 Å². The highest BCUT2D eigenvalue weighted by molar-refractivity contribution is 6.88. The molecule has 1 unspecified atom stereocenters. The summed E-state index contributed by atoms with van der Waals surface area (Å²) in [6.45, 7) is 8.68. The normalized spacial score (nSPS) is 17.8. The highest BCUT2D eigenvalue weighted by Gasteiger charge is 2.29. The minimum Gasteiger partial charge on any atom is -0.392 e. The first-order valence-electron chi connectivity index (χ1n) is 6.95. The third-order valence-electron chi connectivity index (χ3n) is 3.67. The van der Waals surface area contributed by atoms with E-state index in [-0.39, 0.29) is 6.10 Å². The first kappa shape index (κ1) is 13.8. The van der Waals surface area contributed by atoms with E-state index in [0.29, 0.717) is 5.92 Å². The molecule has 1 aliphatic carbocycles. The number of hydrogen-bond donors (Lipinski definition) is 2.